The average Bonchev–Trinajstić information content (AvgIpc) is 1.98. The van der Waals surface area contributed by atoms with Gasteiger partial charge in [0.1, 0.15) is 6.79 Å². The van der Waals surface area contributed by atoms with Crippen molar-refractivity contribution in [2.45, 2.75) is 13.0 Å². The molecule has 0 heterocycles. The summed E-state index contributed by atoms with van der Waals surface area (Å²) in [5, 5.41) is 0. The van der Waals surface area contributed by atoms with Gasteiger partial charge in [0.25, 0.3) is 0 Å². The van der Waals surface area contributed by atoms with Crippen molar-refractivity contribution >= 4 is 5.97 Å². The Bertz CT molecular complexity index is 102. The van der Waals surface area contributed by atoms with Crippen molar-refractivity contribution in [2.24, 2.45) is 0 Å². The van der Waals surface area contributed by atoms with E-state index in [1.807, 2.05) is 0 Å². The van der Waals surface area contributed by atoms with Crippen LogP contribution in [0.3, 0.4) is 0 Å². The number of carbonyl (C=O) groups is 1. The van der Waals surface area contributed by atoms with Crippen LogP contribution < -0.4 is 0 Å². The number of methoxy groups -OCH3 is 2. The maximum atomic E-state index is 10.6. The van der Waals surface area contributed by atoms with Crippen LogP contribution in [0.4, 0.5) is 0 Å². The second-order valence-corrected chi connectivity index (χ2v) is 1.74. The molecule has 0 rings (SSSR count). The van der Waals surface area contributed by atoms with Crippen molar-refractivity contribution in [3.05, 3.63) is 0 Å². The summed E-state index contributed by atoms with van der Waals surface area (Å²) in [5.41, 5.74) is 0. The zero-order chi connectivity index (χ0) is 7.98. The molecule has 4 nitrogen and oxygen atoms in total. The third-order valence-corrected chi connectivity index (χ3v) is 0.969. The van der Waals surface area contributed by atoms with E-state index in [9.17, 15) is 4.79 Å². The molecule has 0 saturated carbocycles. The van der Waals surface area contributed by atoms with E-state index in [1.54, 1.807) is 6.92 Å². The monoisotopic (exact) mass is 148 g/mol. The number of rotatable bonds is 4. The van der Waals surface area contributed by atoms with E-state index in [0.29, 0.717) is 0 Å². The van der Waals surface area contributed by atoms with E-state index in [2.05, 4.69) is 9.47 Å². The topological polar surface area (TPSA) is 44.8 Å². The molecule has 0 aliphatic heterocycles. The first-order valence-corrected chi connectivity index (χ1v) is 2.90. The lowest BCUT2D eigenvalue weighted by molar-refractivity contribution is -0.160. The Morgan fingerprint density at radius 1 is 1.50 bits per heavy atom. The van der Waals surface area contributed by atoms with Crippen molar-refractivity contribution in [1.29, 1.82) is 0 Å². The quantitative estimate of drug-likeness (QED) is 0.421. The van der Waals surface area contributed by atoms with E-state index in [1.165, 1.54) is 14.2 Å². The van der Waals surface area contributed by atoms with E-state index < -0.39 is 12.1 Å². The van der Waals surface area contributed by atoms with E-state index in [0.717, 1.165) is 0 Å². The molecule has 0 aliphatic rings. The first-order chi connectivity index (χ1) is 4.72. The molecule has 0 bridgehead atoms. The molecule has 0 aromatic carbocycles. The normalized spacial score (nSPS) is 12.7. The molecule has 0 aromatic heterocycles. The summed E-state index contributed by atoms with van der Waals surface area (Å²) in [6.45, 7) is 1.71. The summed E-state index contributed by atoms with van der Waals surface area (Å²) in [5.74, 6) is -0.392. The van der Waals surface area contributed by atoms with Gasteiger partial charge in [0.2, 0.25) is 0 Å². The Morgan fingerprint density at radius 3 is 2.50 bits per heavy atom. The summed E-state index contributed by atoms with van der Waals surface area (Å²) in [6, 6.07) is 0. The van der Waals surface area contributed by atoms with Crippen LogP contribution in [0.5, 0.6) is 0 Å². The molecule has 0 radical (unpaired) electrons. The molecule has 0 aromatic rings. The Balaban J connectivity index is 3.41. The van der Waals surface area contributed by atoms with Gasteiger partial charge in [-0.15, -0.1) is 0 Å². The van der Waals surface area contributed by atoms with Crippen molar-refractivity contribution < 1.29 is 19.0 Å². The first kappa shape index (κ1) is 9.39. The van der Waals surface area contributed by atoms with Gasteiger partial charge in [-0.05, 0) is 6.92 Å². The lowest BCUT2D eigenvalue weighted by Gasteiger charge is -2.08. The van der Waals surface area contributed by atoms with Crippen LogP contribution in [0.1, 0.15) is 6.92 Å². The Hall–Kier alpha value is -0.610. The Morgan fingerprint density at radius 2 is 2.10 bits per heavy atom. The van der Waals surface area contributed by atoms with Crippen LogP contribution in [-0.2, 0) is 19.0 Å². The lowest BCUT2D eigenvalue weighted by Crippen LogP contribution is -2.22. The fourth-order valence-electron chi connectivity index (χ4n) is 0.404. The van der Waals surface area contributed by atoms with Crippen LogP contribution in [0.2, 0.25) is 0 Å². The third-order valence-electron chi connectivity index (χ3n) is 0.969. The van der Waals surface area contributed by atoms with E-state index in [-0.39, 0.29) is 6.79 Å². The number of hydrogen-bond donors (Lipinski definition) is 0. The molecule has 4 heteroatoms. The second kappa shape index (κ2) is 5.20. The highest BCUT2D eigenvalue weighted by molar-refractivity contribution is 5.73. The van der Waals surface area contributed by atoms with Gasteiger partial charge in [-0.2, -0.15) is 0 Å². The van der Waals surface area contributed by atoms with Crippen molar-refractivity contribution in [2.75, 3.05) is 21.0 Å². The van der Waals surface area contributed by atoms with Gasteiger partial charge in [0.15, 0.2) is 6.10 Å². The molecule has 1 atom stereocenters. The zero-order valence-corrected chi connectivity index (χ0v) is 6.42. The second-order valence-electron chi connectivity index (χ2n) is 1.74. The van der Waals surface area contributed by atoms with Crippen LogP contribution in [0, 0.1) is 0 Å². The fourth-order valence-corrected chi connectivity index (χ4v) is 0.404. The van der Waals surface area contributed by atoms with E-state index >= 15 is 0 Å². The highest BCUT2D eigenvalue weighted by atomic mass is 16.7. The average molecular weight is 148 g/mol. The molecule has 10 heavy (non-hydrogen) atoms. The molecular formula is C6H12O4. The number of ether oxygens (including phenoxy) is 3. The molecular weight excluding hydrogens is 136 g/mol. The summed E-state index contributed by atoms with van der Waals surface area (Å²) >= 11 is 0. The molecule has 0 saturated heterocycles. The maximum absolute atomic E-state index is 10.6. The minimum atomic E-state index is -0.551. The summed E-state index contributed by atoms with van der Waals surface area (Å²) < 4.78 is 13.8. The fraction of sp³-hybridized carbons (Fsp3) is 0.833. The van der Waals surface area contributed by atoms with Crippen LogP contribution in [0.15, 0.2) is 0 Å². The first-order valence-electron chi connectivity index (χ1n) is 2.90. The van der Waals surface area contributed by atoms with Crippen molar-refractivity contribution in [1.82, 2.24) is 0 Å². The predicted octanol–water partition coefficient (Wildman–Crippen LogP) is 0.168. The molecule has 60 valence electrons. The van der Waals surface area contributed by atoms with Gasteiger partial charge in [-0.3, -0.25) is 0 Å². The molecule has 0 amide bonds. The van der Waals surface area contributed by atoms with E-state index in [4.69, 9.17) is 4.74 Å². The Labute approximate surface area is 60.1 Å². The standard InChI is InChI=1S/C6H12O4/c1-5(6(7)9-3)10-4-8-2/h5H,4H2,1-3H3. The SMILES string of the molecule is COCOC(C)C(=O)OC. The van der Waals surface area contributed by atoms with Gasteiger partial charge < -0.3 is 14.2 Å². The lowest BCUT2D eigenvalue weighted by atomic mass is 10.4. The maximum Gasteiger partial charge on any atom is 0.334 e. The van der Waals surface area contributed by atoms with Crippen LogP contribution in [0.25, 0.3) is 0 Å². The molecule has 0 fully saturated rings. The molecule has 0 N–H and O–H groups in total. The molecule has 0 aliphatic carbocycles. The highest BCUT2D eigenvalue weighted by Crippen LogP contribution is 1.92. The number of esters is 1. The molecule has 1 unspecified atom stereocenters. The van der Waals surface area contributed by atoms with Crippen LogP contribution >= 0.6 is 0 Å². The summed E-state index contributed by atoms with van der Waals surface area (Å²) in [7, 11) is 2.80. The molecule has 0 spiro atoms. The minimum Gasteiger partial charge on any atom is -0.467 e. The Kier molecular flexibility index (Phi) is 4.88. The van der Waals surface area contributed by atoms with Gasteiger partial charge >= 0.3 is 5.97 Å². The van der Waals surface area contributed by atoms with Crippen molar-refractivity contribution in [3.8, 4) is 0 Å². The third kappa shape index (κ3) is 3.42. The smallest absolute Gasteiger partial charge is 0.334 e. The number of carbonyl (C=O) groups excluding carboxylic acids is 1. The summed E-state index contributed by atoms with van der Waals surface area (Å²) in [4.78, 5) is 10.6. The largest absolute Gasteiger partial charge is 0.467 e. The van der Waals surface area contributed by atoms with Gasteiger partial charge in [0, 0.05) is 7.11 Å². The highest BCUT2D eigenvalue weighted by Gasteiger charge is 2.11. The van der Waals surface area contributed by atoms with Crippen LogP contribution in [-0.4, -0.2) is 33.1 Å². The predicted molar refractivity (Wildman–Crippen MR) is 34.4 cm³/mol. The summed E-state index contributed by atoms with van der Waals surface area (Å²) in [6.07, 6.45) is -0.551. The minimum absolute atomic E-state index is 0.107. The van der Waals surface area contributed by atoms with Gasteiger partial charge in [-0.1, -0.05) is 0 Å². The van der Waals surface area contributed by atoms with Gasteiger partial charge in [-0.25, -0.2) is 4.79 Å². The van der Waals surface area contributed by atoms with Gasteiger partial charge in [0.05, 0.1) is 7.11 Å². The van der Waals surface area contributed by atoms with Crippen molar-refractivity contribution in [3.63, 3.8) is 0 Å². The zero-order valence-electron chi connectivity index (χ0n) is 6.42. The number of hydrogen-bond acceptors (Lipinski definition) is 4.